The van der Waals surface area contributed by atoms with Gasteiger partial charge in [0.2, 0.25) is 0 Å². The highest BCUT2D eigenvalue weighted by Gasteiger charge is 2.19. The number of aryl methyl sites for hydroxylation is 2. The maximum absolute atomic E-state index is 12.2. The van der Waals surface area contributed by atoms with E-state index >= 15 is 0 Å². The van der Waals surface area contributed by atoms with Gasteiger partial charge in [-0.05, 0) is 6.07 Å². The van der Waals surface area contributed by atoms with Crippen LogP contribution in [0.15, 0.2) is 18.5 Å². The quantitative estimate of drug-likeness (QED) is 0.652. The van der Waals surface area contributed by atoms with Crippen molar-refractivity contribution in [2.24, 2.45) is 12.8 Å². The zero-order valence-electron chi connectivity index (χ0n) is 11.7. The number of nitrogens with one attached hydrogen (secondary N) is 1. The van der Waals surface area contributed by atoms with Gasteiger partial charge in [-0.2, -0.15) is 10.2 Å². The predicted molar refractivity (Wildman–Crippen MR) is 74.2 cm³/mol. The highest BCUT2D eigenvalue weighted by molar-refractivity contribution is 6.07. The van der Waals surface area contributed by atoms with Gasteiger partial charge < -0.3 is 16.2 Å². The highest BCUT2D eigenvalue weighted by atomic mass is 16.4. The van der Waals surface area contributed by atoms with E-state index in [4.69, 9.17) is 10.8 Å². The summed E-state index contributed by atoms with van der Waals surface area (Å²) in [5.74, 6) is -2.27. The standard InChI is InChI=1S/C12H14N6O4/c1-17-10(11(13)21)7(6-15-17)16-12(22)8-2-4-14-18(8)5-3-9(19)20/h2,4,6H,3,5H2,1H3,(H2,13,21)(H,16,22)(H,19,20). The fourth-order valence-electron chi connectivity index (χ4n) is 1.91. The first-order valence-electron chi connectivity index (χ1n) is 6.27. The number of aromatic nitrogens is 4. The van der Waals surface area contributed by atoms with E-state index in [1.807, 2.05) is 0 Å². The number of nitrogens with zero attached hydrogens (tertiary/aromatic N) is 4. The van der Waals surface area contributed by atoms with Crippen molar-refractivity contribution in [2.45, 2.75) is 13.0 Å². The van der Waals surface area contributed by atoms with Gasteiger partial charge >= 0.3 is 5.97 Å². The minimum atomic E-state index is -0.995. The number of primary amides is 1. The fourth-order valence-corrected chi connectivity index (χ4v) is 1.91. The molecule has 0 saturated carbocycles. The molecule has 0 aliphatic rings. The van der Waals surface area contributed by atoms with E-state index in [0.717, 1.165) is 0 Å². The first-order valence-corrected chi connectivity index (χ1v) is 6.27. The molecule has 10 heteroatoms. The summed E-state index contributed by atoms with van der Waals surface area (Å²) in [6.45, 7) is 0.0564. The number of anilines is 1. The van der Waals surface area contributed by atoms with Crippen LogP contribution in [0.2, 0.25) is 0 Å². The molecule has 2 aromatic heterocycles. The summed E-state index contributed by atoms with van der Waals surface area (Å²) in [5, 5.41) is 18.9. The van der Waals surface area contributed by atoms with Gasteiger partial charge in [0.1, 0.15) is 11.4 Å². The van der Waals surface area contributed by atoms with Crippen LogP contribution in [-0.4, -0.2) is 42.5 Å². The second-order valence-corrected chi connectivity index (χ2v) is 4.43. The molecule has 116 valence electrons. The topological polar surface area (TPSA) is 145 Å². The van der Waals surface area contributed by atoms with Gasteiger partial charge in [-0.1, -0.05) is 0 Å². The lowest BCUT2D eigenvalue weighted by molar-refractivity contribution is -0.137. The van der Waals surface area contributed by atoms with E-state index in [0.29, 0.717) is 0 Å². The molecule has 0 aliphatic carbocycles. The Bertz CT molecular complexity index is 732. The number of carboxylic acid groups (broad SMARTS) is 1. The Morgan fingerprint density at radius 1 is 1.36 bits per heavy atom. The van der Waals surface area contributed by atoms with Crippen LogP contribution in [-0.2, 0) is 18.4 Å². The van der Waals surface area contributed by atoms with Gasteiger partial charge in [0, 0.05) is 13.2 Å². The number of amides is 2. The summed E-state index contributed by atoms with van der Waals surface area (Å²) in [6, 6.07) is 1.44. The molecule has 2 aromatic rings. The first kappa shape index (κ1) is 15.2. The van der Waals surface area contributed by atoms with Crippen molar-refractivity contribution in [3.8, 4) is 0 Å². The van der Waals surface area contributed by atoms with Gasteiger partial charge in [0.15, 0.2) is 0 Å². The minimum Gasteiger partial charge on any atom is -0.481 e. The molecule has 0 radical (unpaired) electrons. The highest BCUT2D eigenvalue weighted by Crippen LogP contribution is 2.15. The number of carbonyl (C=O) groups is 3. The Morgan fingerprint density at radius 2 is 2.09 bits per heavy atom. The van der Waals surface area contributed by atoms with Crippen LogP contribution in [0.1, 0.15) is 27.4 Å². The Kier molecular flexibility index (Phi) is 4.20. The largest absolute Gasteiger partial charge is 0.481 e. The molecule has 0 bridgehead atoms. The number of rotatable bonds is 6. The SMILES string of the molecule is Cn1ncc(NC(=O)c2ccnn2CCC(=O)O)c1C(N)=O. The molecule has 0 atom stereocenters. The van der Waals surface area contributed by atoms with Crippen LogP contribution >= 0.6 is 0 Å². The second-order valence-electron chi connectivity index (χ2n) is 4.43. The summed E-state index contributed by atoms with van der Waals surface area (Å²) in [4.78, 5) is 34.1. The summed E-state index contributed by atoms with van der Waals surface area (Å²) in [5.41, 5.74) is 5.63. The molecule has 0 fully saturated rings. The molecule has 0 aromatic carbocycles. The van der Waals surface area contributed by atoms with E-state index in [1.165, 1.54) is 34.9 Å². The second kappa shape index (κ2) is 6.08. The lowest BCUT2D eigenvalue weighted by Crippen LogP contribution is -2.22. The number of aliphatic carboxylic acids is 1. The lowest BCUT2D eigenvalue weighted by Gasteiger charge is -2.07. The van der Waals surface area contributed by atoms with Crippen molar-refractivity contribution >= 4 is 23.5 Å². The average Bonchev–Trinajstić information content (AvgIpc) is 3.03. The fraction of sp³-hybridized carbons (Fsp3) is 0.250. The maximum Gasteiger partial charge on any atom is 0.305 e. The predicted octanol–water partition coefficient (Wildman–Crippen LogP) is -0.557. The molecular formula is C12H14N6O4. The van der Waals surface area contributed by atoms with Crippen molar-refractivity contribution in [1.82, 2.24) is 19.6 Å². The van der Waals surface area contributed by atoms with Crippen LogP contribution in [0.3, 0.4) is 0 Å². The molecule has 4 N–H and O–H groups in total. The Balaban J connectivity index is 2.18. The molecule has 2 heterocycles. The number of carbonyl (C=O) groups excluding carboxylic acids is 2. The Hall–Kier alpha value is -3.17. The van der Waals surface area contributed by atoms with E-state index in [-0.39, 0.29) is 30.0 Å². The van der Waals surface area contributed by atoms with Gasteiger partial charge in [0.25, 0.3) is 11.8 Å². The van der Waals surface area contributed by atoms with E-state index in [9.17, 15) is 14.4 Å². The Labute approximate surface area is 124 Å². The van der Waals surface area contributed by atoms with Crippen LogP contribution in [0.25, 0.3) is 0 Å². The third-order valence-corrected chi connectivity index (χ3v) is 2.91. The Morgan fingerprint density at radius 3 is 2.73 bits per heavy atom. The molecule has 22 heavy (non-hydrogen) atoms. The molecule has 2 rings (SSSR count). The molecule has 0 spiro atoms. The van der Waals surface area contributed by atoms with Crippen molar-refractivity contribution in [2.75, 3.05) is 5.32 Å². The van der Waals surface area contributed by atoms with Crippen LogP contribution in [0, 0.1) is 0 Å². The van der Waals surface area contributed by atoms with Crippen molar-refractivity contribution in [3.63, 3.8) is 0 Å². The zero-order chi connectivity index (χ0) is 16.3. The molecule has 10 nitrogen and oxygen atoms in total. The van der Waals surface area contributed by atoms with Crippen LogP contribution in [0.5, 0.6) is 0 Å². The average molecular weight is 306 g/mol. The third-order valence-electron chi connectivity index (χ3n) is 2.91. The number of carboxylic acids is 1. The molecule has 2 amide bonds. The van der Waals surface area contributed by atoms with Crippen LogP contribution < -0.4 is 11.1 Å². The third kappa shape index (κ3) is 3.11. The van der Waals surface area contributed by atoms with Gasteiger partial charge in [-0.3, -0.25) is 23.7 Å². The van der Waals surface area contributed by atoms with Gasteiger partial charge in [-0.15, -0.1) is 0 Å². The number of hydrogen-bond acceptors (Lipinski definition) is 5. The van der Waals surface area contributed by atoms with E-state index < -0.39 is 17.8 Å². The summed E-state index contributed by atoms with van der Waals surface area (Å²) in [6.07, 6.45) is 2.52. The smallest absolute Gasteiger partial charge is 0.305 e. The number of hydrogen-bond donors (Lipinski definition) is 3. The molecule has 0 aliphatic heterocycles. The molecule has 0 saturated heterocycles. The number of nitrogens with two attached hydrogens (primary N) is 1. The van der Waals surface area contributed by atoms with Crippen molar-refractivity contribution in [3.05, 3.63) is 29.8 Å². The summed E-state index contributed by atoms with van der Waals surface area (Å²) < 4.78 is 2.52. The monoisotopic (exact) mass is 306 g/mol. The maximum atomic E-state index is 12.2. The van der Waals surface area contributed by atoms with Crippen LogP contribution in [0.4, 0.5) is 5.69 Å². The minimum absolute atomic E-state index is 0.0564. The summed E-state index contributed by atoms with van der Waals surface area (Å²) in [7, 11) is 1.52. The zero-order valence-corrected chi connectivity index (χ0v) is 11.7. The lowest BCUT2D eigenvalue weighted by atomic mass is 10.3. The molecular weight excluding hydrogens is 292 g/mol. The summed E-state index contributed by atoms with van der Waals surface area (Å²) >= 11 is 0. The van der Waals surface area contributed by atoms with Gasteiger partial charge in [0.05, 0.1) is 24.8 Å². The first-order chi connectivity index (χ1) is 10.4. The van der Waals surface area contributed by atoms with Crippen molar-refractivity contribution in [1.29, 1.82) is 0 Å². The normalized spacial score (nSPS) is 10.4. The molecule has 0 unspecified atom stereocenters. The van der Waals surface area contributed by atoms with E-state index in [1.54, 1.807) is 0 Å². The van der Waals surface area contributed by atoms with Crippen molar-refractivity contribution < 1.29 is 19.5 Å². The van der Waals surface area contributed by atoms with E-state index in [2.05, 4.69) is 15.5 Å². The van der Waals surface area contributed by atoms with Gasteiger partial charge in [-0.25, -0.2) is 0 Å².